The monoisotopic (exact) mass is 287 g/mol. The Labute approximate surface area is 123 Å². The Morgan fingerprint density at radius 1 is 1.24 bits per heavy atom. The smallest absolute Gasteiger partial charge is 0.279 e. The van der Waals surface area contributed by atoms with Crippen molar-refractivity contribution in [3.8, 4) is 0 Å². The van der Waals surface area contributed by atoms with Crippen LogP contribution in [-0.2, 0) is 13.1 Å². The molecule has 0 spiro atoms. The van der Waals surface area contributed by atoms with Gasteiger partial charge in [-0.1, -0.05) is 19.3 Å². The molecule has 1 saturated carbocycles. The Kier molecular flexibility index (Phi) is 3.25. The minimum Gasteiger partial charge on any atom is -0.294 e. The first kappa shape index (κ1) is 13.0. The van der Waals surface area contributed by atoms with E-state index in [1.165, 1.54) is 32.1 Å². The number of H-pyrrole nitrogens is 1. The minimum absolute atomic E-state index is 0.0183. The summed E-state index contributed by atoms with van der Waals surface area (Å²) in [4.78, 5) is 19.4. The molecule has 6 nitrogen and oxygen atoms in total. The lowest BCUT2D eigenvalue weighted by molar-refractivity contribution is 0.162. The molecule has 2 aromatic heterocycles. The summed E-state index contributed by atoms with van der Waals surface area (Å²) in [7, 11) is 0. The van der Waals surface area contributed by atoms with Gasteiger partial charge in [0, 0.05) is 19.6 Å². The Hall–Kier alpha value is -1.69. The molecule has 0 atom stereocenters. The predicted octanol–water partition coefficient (Wildman–Crippen LogP) is 1.52. The van der Waals surface area contributed by atoms with Crippen LogP contribution in [0.2, 0.25) is 0 Å². The largest absolute Gasteiger partial charge is 0.294 e. The van der Waals surface area contributed by atoms with Crippen molar-refractivity contribution >= 4 is 11.0 Å². The average molecular weight is 287 g/mol. The van der Waals surface area contributed by atoms with Crippen molar-refractivity contribution < 1.29 is 0 Å². The molecule has 2 aliphatic rings. The summed E-state index contributed by atoms with van der Waals surface area (Å²) in [6, 6.07) is 0. The number of hydrogen-bond donors (Lipinski definition) is 1. The topological polar surface area (TPSA) is 66.8 Å². The van der Waals surface area contributed by atoms with E-state index in [2.05, 4.69) is 20.1 Å². The van der Waals surface area contributed by atoms with Gasteiger partial charge in [-0.3, -0.25) is 19.4 Å². The molecule has 0 amide bonds. The predicted molar refractivity (Wildman–Crippen MR) is 80.0 cm³/mol. The van der Waals surface area contributed by atoms with Crippen LogP contribution in [0.3, 0.4) is 0 Å². The second-order valence-electron chi connectivity index (χ2n) is 6.35. The molecule has 6 heteroatoms. The van der Waals surface area contributed by atoms with Gasteiger partial charge in [0.2, 0.25) is 0 Å². The number of rotatable bonds is 2. The molecule has 0 aromatic carbocycles. The SMILES string of the molecule is O=c1c2[nH]ncc2nc2n1CCN(CC1CCCCC1)C2. The summed E-state index contributed by atoms with van der Waals surface area (Å²) in [5, 5.41) is 6.69. The van der Waals surface area contributed by atoms with E-state index in [0.29, 0.717) is 11.0 Å². The summed E-state index contributed by atoms with van der Waals surface area (Å²) < 4.78 is 1.80. The summed E-state index contributed by atoms with van der Waals surface area (Å²) >= 11 is 0. The van der Waals surface area contributed by atoms with Gasteiger partial charge < -0.3 is 0 Å². The molecule has 1 aliphatic heterocycles. The van der Waals surface area contributed by atoms with Crippen LogP contribution in [-0.4, -0.2) is 37.7 Å². The van der Waals surface area contributed by atoms with Crippen LogP contribution in [0, 0.1) is 5.92 Å². The van der Waals surface area contributed by atoms with E-state index in [0.717, 1.165) is 37.9 Å². The van der Waals surface area contributed by atoms with E-state index in [4.69, 9.17) is 0 Å². The van der Waals surface area contributed by atoms with Gasteiger partial charge in [0.1, 0.15) is 16.9 Å². The highest BCUT2D eigenvalue weighted by Crippen LogP contribution is 2.25. The molecule has 3 heterocycles. The fourth-order valence-corrected chi connectivity index (χ4v) is 3.74. The molecule has 2 aromatic rings. The van der Waals surface area contributed by atoms with Crippen molar-refractivity contribution in [1.29, 1.82) is 0 Å². The van der Waals surface area contributed by atoms with Crippen LogP contribution in [0.4, 0.5) is 0 Å². The van der Waals surface area contributed by atoms with E-state index in [-0.39, 0.29) is 5.56 Å². The van der Waals surface area contributed by atoms with Crippen LogP contribution >= 0.6 is 0 Å². The Balaban J connectivity index is 1.56. The van der Waals surface area contributed by atoms with Gasteiger partial charge in [-0.15, -0.1) is 0 Å². The van der Waals surface area contributed by atoms with Gasteiger partial charge in [-0.2, -0.15) is 5.10 Å². The Morgan fingerprint density at radius 2 is 2.10 bits per heavy atom. The highest BCUT2D eigenvalue weighted by atomic mass is 16.1. The summed E-state index contributed by atoms with van der Waals surface area (Å²) in [5.41, 5.74) is 1.23. The molecule has 1 N–H and O–H groups in total. The zero-order valence-corrected chi connectivity index (χ0v) is 12.2. The van der Waals surface area contributed by atoms with Gasteiger partial charge in [0.05, 0.1) is 12.7 Å². The van der Waals surface area contributed by atoms with Crippen LogP contribution in [0.15, 0.2) is 11.0 Å². The average Bonchev–Trinajstić information content (AvgIpc) is 2.97. The van der Waals surface area contributed by atoms with Gasteiger partial charge >= 0.3 is 0 Å². The first-order valence-electron chi connectivity index (χ1n) is 7.96. The molecule has 21 heavy (non-hydrogen) atoms. The minimum atomic E-state index is 0.0183. The molecule has 1 aliphatic carbocycles. The third-order valence-electron chi connectivity index (χ3n) is 4.89. The maximum absolute atomic E-state index is 12.4. The number of aromatic amines is 1. The van der Waals surface area contributed by atoms with Crippen molar-refractivity contribution in [2.75, 3.05) is 13.1 Å². The van der Waals surface area contributed by atoms with Crippen LogP contribution in [0.25, 0.3) is 11.0 Å². The number of fused-ring (bicyclic) bond motifs is 2. The first-order valence-corrected chi connectivity index (χ1v) is 7.96. The number of nitrogens with zero attached hydrogens (tertiary/aromatic N) is 4. The zero-order chi connectivity index (χ0) is 14.2. The van der Waals surface area contributed by atoms with Crippen LogP contribution < -0.4 is 5.56 Å². The maximum atomic E-state index is 12.4. The van der Waals surface area contributed by atoms with Crippen molar-refractivity contribution in [1.82, 2.24) is 24.6 Å². The quantitative estimate of drug-likeness (QED) is 0.909. The molecule has 0 bridgehead atoms. The van der Waals surface area contributed by atoms with E-state index in [9.17, 15) is 4.79 Å². The number of nitrogens with one attached hydrogen (secondary N) is 1. The summed E-state index contributed by atoms with van der Waals surface area (Å²) in [6.45, 7) is 3.62. The highest BCUT2D eigenvalue weighted by Gasteiger charge is 2.23. The lowest BCUT2D eigenvalue weighted by Crippen LogP contribution is -2.42. The third-order valence-corrected chi connectivity index (χ3v) is 4.89. The lowest BCUT2D eigenvalue weighted by atomic mass is 9.89. The standard InChI is InChI=1S/C15H21N5O/c21-15-14-12(8-16-18-14)17-13-10-19(6-7-20(13)15)9-11-4-2-1-3-5-11/h8,11H,1-7,9-10H2,(H,16,18). The van der Waals surface area contributed by atoms with E-state index in [1.807, 2.05) is 0 Å². The molecule has 1 fully saturated rings. The molecular weight excluding hydrogens is 266 g/mol. The molecular formula is C15H21N5O. The second kappa shape index (κ2) is 5.26. The molecule has 112 valence electrons. The van der Waals surface area contributed by atoms with Crippen LogP contribution in [0.5, 0.6) is 0 Å². The molecule has 4 rings (SSSR count). The maximum Gasteiger partial charge on any atom is 0.279 e. The summed E-state index contributed by atoms with van der Waals surface area (Å²) in [6.07, 6.45) is 8.51. The van der Waals surface area contributed by atoms with Crippen molar-refractivity contribution in [2.24, 2.45) is 5.92 Å². The van der Waals surface area contributed by atoms with Crippen molar-refractivity contribution in [2.45, 2.75) is 45.2 Å². The van der Waals surface area contributed by atoms with Gasteiger partial charge in [0.15, 0.2) is 0 Å². The van der Waals surface area contributed by atoms with Gasteiger partial charge in [-0.05, 0) is 18.8 Å². The van der Waals surface area contributed by atoms with Gasteiger partial charge in [0.25, 0.3) is 5.56 Å². The number of aromatic nitrogens is 4. The zero-order valence-electron chi connectivity index (χ0n) is 12.2. The molecule has 0 saturated heterocycles. The second-order valence-corrected chi connectivity index (χ2v) is 6.35. The number of hydrogen-bond acceptors (Lipinski definition) is 4. The Morgan fingerprint density at radius 3 is 2.95 bits per heavy atom. The fraction of sp³-hybridized carbons (Fsp3) is 0.667. The van der Waals surface area contributed by atoms with E-state index >= 15 is 0 Å². The lowest BCUT2D eigenvalue weighted by Gasteiger charge is -2.33. The first-order chi connectivity index (χ1) is 10.3. The van der Waals surface area contributed by atoms with Gasteiger partial charge in [-0.25, -0.2) is 4.98 Å². The van der Waals surface area contributed by atoms with Crippen molar-refractivity contribution in [3.05, 3.63) is 22.4 Å². The normalized spacial score (nSPS) is 20.8. The molecule has 0 unspecified atom stereocenters. The van der Waals surface area contributed by atoms with Crippen LogP contribution in [0.1, 0.15) is 37.9 Å². The Bertz CT molecular complexity index is 698. The fourth-order valence-electron chi connectivity index (χ4n) is 3.74. The van der Waals surface area contributed by atoms with Crippen molar-refractivity contribution in [3.63, 3.8) is 0 Å². The van der Waals surface area contributed by atoms with E-state index < -0.39 is 0 Å². The highest BCUT2D eigenvalue weighted by molar-refractivity contribution is 5.71. The molecule has 0 radical (unpaired) electrons. The third kappa shape index (κ3) is 2.37. The van der Waals surface area contributed by atoms with E-state index in [1.54, 1.807) is 10.8 Å². The summed E-state index contributed by atoms with van der Waals surface area (Å²) in [5.74, 6) is 1.71.